The van der Waals surface area contributed by atoms with E-state index in [4.69, 9.17) is 27.7 Å². The molecule has 0 aliphatic carbocycles. The van der Waals surface area contributed by atoms with E-state index in [1.807, 2.05) is 46.8 Å². The summed E-state index contributed by atoms with van der Waals surface area (Å²) in [5.41, 5.74) is 0.833. The van der Waals surface area contributed by atoms with Gasteiger partial charge in [0.15, 0.2) is 11.8 Å². The van der Waals surface area contributed by atoms with Crippen LogP contribution < -0.4 is 10.6 Å². The van der Waals surface area contributed by atoms with E-state index in [1.54, 1.807) is 6.07 Å². The first-order valence-corrected chi connectivity index (χ1v) is 9.29. The molecule has 0 bridgehead atoms. The second-order valence-electron chi connectivity index (χ2n) is 7.00. The van der Waals surface area contributed by atoms with Crippen LogP contribution in [0.5, 0.6) is 0 Å². The number of aliphatic imine (C=N–C) groups is 1. The molecule has 1 atom stereocenters. The van der Waals surface area contributed by atoms with E-state index in [2.05, 4.69) is 25.8 Å². The molecule has 8 heteroatoms. The van der Waals surface area contributed by atoms with Crippen LogP contribution in [-0.2, 0) is 12.0 Å². The minimum Gasteiger partial charge on any atom is -0.357 e. The highest BCUT2D eigenvalue weighted by molar-refractivity contribution is 6.42. The smallest absolute Gasteiger partial charge is 0.232 e. The molecular weight excluding hydrogens is 373 g/mol. The molecule has 6 nitrogen and oxygen atoms in total. The lowest BCUT2D eigenvalue weighted by Gasteiger charge is -2.18. The average molecular weight is 398 g/mol. The number of benzene rings is 1. The molecule has 26 heavy (non-hydrogen) atoms. The van der Waals surface area contributed by atoms with Crippen molar-refractivity contribution in [2.45, 2.75) is 52.6 Å². The van der Waals surface area contributed by atoms with Gasteiger partial charge in [-0.15, -0.1) is 0 Å². The predicted octanol–water partition coefficient (Wildman–Crippen LogP) is 4.49. The highest BCUT2D eigenvalue weighted by atomic mass is 35.5. The van der Waals surface area contributed by atoms with Crippen molar-refractivity contribution in [1.29, 1.82) is 0 Å². The Morgan fingerprint density at radius 3 is 2.58 bits per heavy atom. The maximum atomic E-state index is 6.10. The lowest BCUT2D eigenvalue weighted by Crippen LogP contribution is -2.38. The standard InChI is InChI=1S/C18H25Cl2N5O/c1-6-21-17(22-10-15-24-16(26-25-15)18(3,4)5)23-11(2)12-7-8-13(19)14(20)9-12/h7-9,11H,6,10H2,1-5H3,(H2,21,22,23). The average Bonchev–Trinajstić information content (AvgIpc) is 3.04. The van der Waals surface area contributed by atoms with Crippen LogP contribution in [0.4, 0.5) is 0 Å². The molecule has 0 spiro atoms. The van der Waals surface area contributed by atoms with Gasteiger partial charge >= 0.3 is 0 Å². The van der Waals surface area contributed by atoms with Crippen LogP contribution in [0.1, 0.15) is 57.9 Å². The van der Waals surface area contributed by atoms with E-state index in [0.29, 0.717) is 34.3 Å². The fraction of sp³-hybridized carbons (Fsp3) is 0.500. The summed E-state index contributed by atoms with van der Waals surface area (Å²) < 4.78 is 5.30. The summed E-state index contributed by atoms with van der Waals surface area (Å²) in [5, 5.41) is 11.6. The van der Waals surface area contributed by atoms with Gasteiger partial charge < -0.3 is 15.2 Å². The molecule has 1 unspecified atom stereocenters. The van der Waals surface area contributed by atoms with Crippen molar-refractivity contribution in [1.82, 2.24) is 20.8 Å². The Morgan fingerprint density at radius 2 is 2.00 bits per heavy atom. The molecule has 0 saturated heterocycles. The zero-order chi connectivity index (χ0) is 19.3. The molecule has 0 aliphatic heterocycles. The van der Waals surface area contributed by atoms with Crippen LogP contribution >= 0.6 is 23.2 Å². The number of hydrogen-bond acceptors (Lipinski definition) is 4. The van der Waals surface area contributed by atoms with Crippen LogP contribution in [0.3, 0.4) is 0 Å². The van der Waals surface area contributed by atoms with E-state index >= 15 is 0 Å². The zero-order valence-electron chi connectivity index (χ0n) is 15.7. The van der Waals surface area contributed by atoms with Crippen molar-refractivity contribution < 1.29 is 4.52 Å². The Morgan fingerprint density at radius 1 is 1.27 bits per heavy atom. The largest absolute Gasteiger partial charge is 0.357 e. The van der Waals surface area contributed by atoms with Gasteiger partial charge in [0.2, 0.25) is 5.89 Å². The van der Waals surface area contributed by atoms with E-state index in [-0.39, 0.29) is 11.5 Å². The van der Waals surface area contributed by atoms with Gasteiger partial charge in [0.25, 0.3) is 0 Å². The first kappa shape index (κ1) is 20.5. The molecule has 0 saturated carbocycles. The first-order valence-electron chi connectivity index (χ1n) is 8.53. The molecule has 1 aromatic heterocycles. The van der Waals surface area contributed by atoms with Gasteiger partial charge in [0.1, 0.15) is 6.54 Å². The van der Waals surface area contributed by atoms with Crippen molar-refractivity contribution in [3.63, 3.8) is 0 Å². The highest BCUT2D eigenvalue weighted by Gasteiger charge is 2.21. The van der Waals surface area contributed by atoms with Gasteiger partial charge in [0.05, 0.1) is 16.1 Å². The Balaban J connectivity index is 2.08. The fourth-order valence-electron chi connectivity index (χ4n) is 2.16. The lowest BCUT2D eigenvalue weighted by molar-refractivity contribution is 0.318. The van der Waals surface area contributed by atoms with Crippen LogP contribution in [-0.4, -0.2) is 22.6 Å². The van der Waals surface area contributed by atoms with Gasteiger partial charge in [-0.25, -0.2) is 4.99 Å². The quantitative estimate of drug-likeness (QED) is 0.573. The summed E-state index contributed by atoms with van der Waals surface area (Å²) in [4.78, 5) is 8.93. The third-order valence-corrected chi connectivity index (χ3v) is 4.37. The minimum absolute atomic E-state index is 0.00188. The Hall–Kier alpha value is -1.79. The van der Waals surface area contributed by atoms with Gasteiger partial charge in [-0.05, 0) is 31.5 Å². The van der Waals surface area contributed by atoms with Gasteiger partial charge in [0, 0.05) is 12.0 Å². The molecule has 1 heterocycles. The molecular formula is C18H25Cl2N5O. The Kier molecular flexibility index (Phi) is 6.89. The van der Waals surface area contributed by atoms with Crippen LogP contribution in [0.2, 0.25) is 10.0 Å². The van der Waals surface area contributed by atoms with Crippen molar-refractivity contribution in [3.05, 3.63) is 45.5 Å². The summed E-state index contributed by atoms with van der Waals surface area (Å²) in [6.45, 7) is 11.2. The van der Waals surface area contributed by atoms with Crippen LogP contribution in [0.25, 0.3) is 0 Å². The summed E-state index contributed by atoms with van der Waals surface area (Å²) in [6, 6.07) is 5.57. The number of guanidine groups is 1. The summed E-state index contributed by atoms with van der Waals surface area (Å²) in [7, 11) is 0. The third-order valence-electron chi connectivity index (χ3n) is 3.63. The molecule has 0 radical (unpaired) electrons. The SMILES string of the molecule is CCNC(=NCc1noc(C(C)(C)C)n1)NC(C)c1ccc(Cl)c(Cl)c1. The van der Waals surface area contributed by atoms with E-state index < -0.39 is 0 Å². The number of halogens is 2. The summed E-state index contributed by atoms with van der Waals surface area (Å²) >= 11 is 12.1. The van der Waals surface area contributed by atoms with Gasteiger partial charge in [-0.3, -0.25) is 0 Å². The number of aromatic nitrogens is 2. The van der Waals surface area contributed by atoms with Crippen LogP contribution in [0.15, 0.2) is 27.7 Å². The third kappa shape index (κ3) is 5.61. The van der Waals surface area contributed by atoms with Crippen molar-refractivity contribution in [2.75, 3.05) is 6.54 Å². The normalized spacial score (nSPS) is 13.6. The minimum atomic E-state index is -0.180. The van der Waals surface area contributed by atoms with Crippen molar-refractivity contribution >= 4 is 29.2 Å². The van der Waals surface area contributed by atoms with Crippen LogP contribution in [0, 0.1) is 0 Å². The van der Waals surface area contributed by atoms with E-state index in [9.17, 15) is 0 Å². The zero-order valence-corrected chi connectivity index (χ0v) is 17.2. The van der Waals surface area contributed by atoms with Crippen molar-refractivity contribution in [2.24, 2.45) is 4.99 Å². The van der Waals surface area contributed by atoms with E-state index in [0.717, 1.165) is 12.1 Å². The molecule has 2 N–H and O–H groups in total. The molecule has 0 fully saturated rings. The number of nitrogens with one attached hydrogen (secondary N) is 2. The number of nitrogens with zero attached hydrogens (tertiary/aromatic N) is 3. The molecule has 0 amide bonds. The number of hydrogen-bond donors (Lipinski definition) is 2. The lowest BCUT2D eigenvalue weighted by atomic mass is 9.97. The summed E-state index contributed by atoms with van der Waals surface area (Å²) in [5.74, 6) is 1.81. The monoisotopic (exact) mass is 397 g/mol. The molecule has 2 aromatic rings. The maximum absolute atomic E-state index is 6.10. The predicted molar refractivity (Wildman–Crippen MR) is 106 cm³/mol. The van der Waals surface area contributed by atoms with Crippen molar-refractivity contribution in [3.8, 4) is 0 Å². The summed E-state index contributed by atoms with van der Waals surface area (Å²) in [6.07, 6.45) is 0. The number of rotatable bonds is 5. The maximum Gasteiger partial charge on any atom is 0.232 e. The Bertz CT molecular complexity index is 767. The highest BCUT2D eigenvalue weighted by Crippen LogP contribution is 2.25. The molecule has 2 rings (SSSR count). The molecule has 1 aromatic carbocycles. The van der Waals surface area contributed by atoms with Gasteiger partial charge in [-0.2, -0.15) is 4.98 Å². The molecule has 0 aliphatic rings. The fourth-order valence-corrected chi connectivity index (χ4v) is 2.47. The second-order valence-corrected chi connectivity index (χ2v) is 7.81. The first-order chi connectivity index (χ1) is 12.2. The topological polar surface area (TPSA) is 75.3 Å². The second kappa shape index (κ2) is 8.73. The molecule has 142 valence electrons. The van der Waals surface area contributed by atoms with Gasteiger partial charge in [-0.1, -0.05) is 55.2 Å². The van der Waals surface area contributed by atoms with E-state index in [1.165, 1.54) is 0 Å². The Labute approximate surface area is 164 Å².